The molecule has 0 radical (unpaired) electrons. The van der Waals surface area contributed by atoms with Gasteiger partial charge in [-0.1, -0.05) is 56.4 Å². The minimum absolute atomic E-state index is 0.463. The van der Waals surface area contributed by atoms with Gasteiger partial charge in [0.2, 0.25) is 5.95 Å². The van der Waals surface area contributed by atoms with Crippen molar-refractivity contribution in [2.75, 3.05) is 28.2 Å². The fourth-order valence-electron chi connectivity index (χ4n) is 5.17. The SMILES string of the molecule is S=C(Nc1nc(N2CCCCCC2)cc(N2Cc3ccccc3C2)n1)NC1CCCCC1. The third-order valence-corrected chi connectivity index (χ3v) is 7.18. The second-order valence-electron chi connectivity index (χ2n) is 9.37. The van der Waals surface area contributed by atoms with Crippen molar-refractivity contribution in [2.24, 2.45) is 0 Å². The number of aromatic nitrogens is 2. The Morgan fingerprint density at radius 3 is 2.06 bits per heavy atom. The van der Waals surface area contributed by atoms with Crippen molar-refractivity contribution in [2.45, 2.75) is 76.9 Å². The van der Waals surface area contributed by atoms with E-state index in [9.17, 15) is 0 Å². The smallest absolute Gasteiger partial charge is 0.232 e. The van der Waals surface area contributed by atoms with Gasteiger partial charge in [0, 0.05) is 38.3 Å². The lowest BCUT2D eigenvalue weighted by molar-refractivity contribution is 0.414. The summed E-state index contributed by atoms with van der Waals surface area (Å²) in [4.78, 5) is 14.6. The Hall–Kier alpha value is -2.41. The molecular weight excluding hydrogens is 416 g/mol. The molecule has 2 fully saturated rings. The fourth-order valence-corrected chi connectivity index (χ4v) is 5.42. The molecule has 32 heavy (non-hydrogen) atoms. The average molecular weight is 451 g/mol. The third-order valence-electron chi connectivity index (χ3n) is 6.96. The van der Waals surface area contributed by atoms with Crippen molar-refractivity contribution in [3.8, 4) is 0 Å². The van der Waals surface area contributed by atoms with E-state index in [2.05, 4.69) is 50.8 Å². The van der Waals surface area contributed by atoms with Crippen molar-refractivity contribution < 1.29 is 0 Å². The van der Waals surface area contributed by atoms with Crippen LogP contribution in [0.15, 0.2) is 30.3 Å². The van der Waals surface area contributed by atoms with Crippen LogP contribution in [0.5, 0.6) is 0 Å². The molecule has 0 amide bonds. The summed E-state index contributed by atoms with van der Waals surface area (Å²) >= 11 is 5.64. The molecule has 2 aliphatic heterocycles. The molecule has 2 N–H and O–H groups in total. The molecule has 0 spiro atoms. The predicted molar refractivity (Wildman–Crippen MR) is 135 cm³/mol. The molecule has 170 valence electrons. The molecule has 0 unspecified atom stereocenters. The van der Waals surface area contributed by atoms with E-state index < -0.39 is 0 Å². The molecule has 1 saturated carbocycles. The van der Waals surface area contributed by atoms with Crippen LogP contribution >= 0.6 is 12.2 Å². The van der Waals surface area contributed by atoms with Crippen LogP contribution in [-0.2, 0) is 13.1 Å². The van der Waals surface area contributed by atoms with Crippen LogP contribution < -0.4 is 20.4 Å². The molecule has 5 rings (SSSR count). The van der Waals surface area contributed by atoms with Crippen LogP contribution in [0.2, 0.25) is 0 Å². The molecule has 7 heteroatoms. The van der Waals surface area contributed by atoms with E-state index in [4.69, 9.17) is 22.2 Å². The Balaban J connectivity index is 1.37. The van der Waals surface area contributed by atoms with Gasteiger partial charge < -0.3 is 20.4 Å². The van der Waals surface area contributed by atoms with E-state index in [1.807, 2.05) is 0 Å². The molecule has 0 atom stereocenters. The Kier molecular flexibility index (Phi) is 6.72. The first-order chi connectivity index (χ1) is 15.7. The van der Waals surface area contributed by atoms with Gasteiger partial charge in [0.25, 0.3) is 0 Å². The Morgan fingerprint density at radius 2 is 1.41 bits per heavy atom. The van der Waals surface area contributed by atoms with Crippen LogP contribution in [0.1, 0.15) is 68.9 Å². The zero-order valence-corrected chi connectivity index (χ0v) is 19.7. The van der Waals surface area contributed by atoms with Crippen molar-refractivity contribution in [3.05, 3.63) is 41.5 Å². The molecule has 1 saturated heterocycles. The van der Waals surface area contributed by atoms with Gasteiger partial charge in [-0.05, 0) is 49.0 Å². The van der Waals surface area contributed by atoms with E-state index in [0.29, 0.717) is 17.1 Å². The van der Waals surface area contributed by atoms with Crippen molar-refractivity contribution in [1.29, 1.82) is 0 Å². The standard InChI is InChI=1S/C25H34N6S/c32-25(26-21-12-4-3-5-13-21)29-24-27-22(30-14-8-1-2-9-15-30)16-23(28-24)31-17-19-10-6-7-11-20(19)18-31/h6-7,10-11,16,21H,1-5,8-9,12-15,17-18H2,(H2,26,27,28,29,32). The molecule has 6 nitrogen and oxygen atoms in total. The minimum atomic E-state index is 0.463. The highest BCUT2D eigenvalue weighted by atomic mass is 32.1. The van der Waals surface area contributed by atoms with Crippen LogP contribution in [0.3, 0.4) is 0 Å². The highest BCUT2D eigenvalue weighted by molar-refractivity contribution is 7.80. The number of hydrogen-bond donors (Lipinski definition) is 2. The largest absolute Gasteiger partial charge is 0.360 e. The van der Waals surface area contributed by atoms with Crippen LogP contribution in [0.4, 0.5) is 17.6 Å². The first kappa shape index (κ1) is 21.4. The summed E-state index contributed by atoms with van der Waals surface area (Å²) in [7, 11) is 0. The predicted octanol–water partition coefficient (Wildman–Crippen LogP) is 5.00. The molecule has 0 bridgehead atoms. The number of thiocarbonyl (C=S) groups is 1. The van der Waals surface area contributed by atoms with Crippen LogP contribution in [0, 0.1) is 0 Å². The van der Waals surface area contributed by atoms with E-state index in [1.54, 1.807) is 0 Å². The summed E-state index contributed by atoms with van der Waals surface area (Å²) < 4.78 is 0. The van der Waals surface area contributed by atoms with Gasteiger partial charge >= 0.3 is 0 Å². The zero-order chi connectivity index (χ0) is 21.8. The number of fused-ring (bicyclic) bond motifs is 1. The van der Waals surface area contributed by atoms with Crippen LogP contribution in [0.25, 0.3) is 0 Å². The third kappa shape index (κ3) is 5.14. The Labute approximate surface area is 196 Å². The number of hydrogen-bond acceptors (Lipinski definition) is 5. The highest BCUT2D eigenvalue weighted by Crippen LogP contribution is 2.30. The molecule has 1 aromatic heterocycles. The zero-order valence-electron chi connectivity index (χ0n) is 18.9. The average Bonchev–Trinajstić information content (AvgIpc) is 3.06. The van der Waals surface area contributed by atoms with Gasteiger partial charge in [0.05, 0.1) is 0 Å². The highest BCUT2D eigenvalue weighted by Gasteiger charge is 2.23. The Morgan fingerprint density at radius 1 is 0.812 bits per heavy atom. The summed E-state index contributed by atoms with van der Waals surface area (Å²) in [5.74, 6) is 2.58. The van der Waals surface area contributed by atoms with E-state index in [-0.39, 0.29) is 0 Å². The van der Waals surface area contributed by atoms with Crippen molar-refractivity contribution in [3.63, 3.8) is 0 Å². The van der Waals surface area contributed by atoms with E-state index in [1.165, 1.54) is 68.9 Å². The first-order valence-corrected chi connectivity index (χ1v) is 12.7. The van der Waals surface area contributed by atoms with E-state index in [0.717, 1.165) is 37.8 Å². The molecule has 3 aliphatic rings. The van der Waals surface area contributed by atoms with Gasteiger partial charge in [-0.25, -0.2) is 0 Å². The van der Waals surface area contributed by atoms with Gasteiger partial charge in [-0.2, -0.15) is 9.97 Å². The maximum Gasteiger partial charge on any atom is 0.232 e. The lowest BCUT2D eigenvalue weighted by Crippen LogP contribution is -2.39. The maximum absolute atomic E-state index is 5.64. The van der Waals surface area contributed by atoms with Gasteiger partial charge in [0.1, 0.15) is 11.6 Å². The summed E-state index contributed by atoms with van der Waals surface area (Å²) in [6, 6.07) is 11.3. The van der Waals surface area contributed by atoms with Crippen molar-refractivity contribution >= 4 is 34.9 Å². The fraction of sp³-hybridized carbons (Fsp3) is 0.560. The quantitative estimate of drug-likeness (QED) is 0.636. The van der Waals surface area contributed by atoms with Gasteiger partial charge in [-0.15, -0.1) is 0 Å². The second kappa shape index (κ2) is 10.0. The monoisotopic (exact) mass is 450 g/mol. The number of rotatable bonds is 4. The molecule has 2 aromatic rings. The minimum Gasteiger partial charge on any atom is -0.360 e. The lowest BCUT2D eigenvalue weighted by Gasteiger charge is -2.26. The topological polar surface area (TPSA) is 56.3 Å². The summed E-state index contributed by atoms with van der Waals surface area (Å²) in [5.41, 5.74) is 2.76. The summed E-state index contributed by atoms with van der Waals surface area (Å²) in [6.07, 6.45) is 11.3. The number of benzene rings is 1. The molecule has 1 aliphatic carbocycles. The summed E-state index contributed by atoms with van der Waals surface area (Å²) in [5, 5.41) is 7.45. The normalized spacial score (nSPS) is 19.4. The Bertz CT molecular complexity index is 909. The van der Waals surface area contributed by atoms with Crippen LogP contribution in [-0.4, -0.2) is 34.2 Å². The van der Waals surface area contributed by atoms with E-state index >= 15 is 0 Å². The molecule has 3 heterocycles. The van der Waals surface area contributed by atoms with Crippen molar-refractivity contribution in [1.82, 2.24) is 15.3 Å². The number of nitrogens with zero attached hydrogens (tertiary/aromatic N) is 4. The first-order valence-electron chi connectivity index (χ1n) is 12.3. The number of nitrogens with one attached hydrogen (secondary N) is 2. The van der Waals surface area contributed by atoms with Gasteiger partial charge in [0.15, 0.2) is 5.11 Å². The maximum atomic E-state index is 5.64. The summed E-state index contributed by atoms with van der Waals surface area (Å²) in [6.45, 7) is 3.88. The second-order valence-corrected chi connectivity index (χ2v) is 9.78. The molecule has 1 aromatic carbocycles. The number of anilines is 3. The molecular formula is C25H34N6S. The van der Waals surface area contributed by atoms with Gasteiger partial charge in [-0.3, -0.25) is 0 Å². The lowest BCUT2D eigenvalue weighted by atomic mass is 9.96.